The van der Waals surface area contributed by atoms with E-state index in [0.29, 0.717) is 29.1 Å². The van der Waals surface area contributed by atoms with Crippen molar-refractivity contribution in [3.05, 3.63) is 106 Å². The number of halogens is 2. The number of ether oxygens (including phenoxy) is 1. The summed E-state index contributed by atoms with van der Waals surface area (Å²) in [5, 5.41) is 1.08. The Bertz CT molecular complexity index is 1090. The molecule has 5 heteroatoms. The van der Waals surface area contributed by atoms with Crippen molar-refractivity contribution < 1.29 is 4.74 Å². The highest BCUT2D eigenvalue weighted by Crippen LogP contribution is 2.31. The Morgan fingerprint density at radius 3 is 2.10 bits per heavy atom. The molecule has 0 aliphatic rings. The fourth-order valence-electron chi connectivity index (χ4n) is 3.02. The van der Waals surface area contributed by atoms with Crippen molar-refractivity contribution in [3.8, 4) is 22.5 Å². The van der Waals surface area contributed by atoms with Crippen LogP contribution in [0.1, 0.15) is 11.1 Å². The number of benzene rings is 3. The SMILES string of the molecule is Clc1cc(Cl)c(-c2ncccn2)cc1COCc1ccc(-c2ccccc2)cc1. The maximum Gasteiger partial charge on any atom is 0.160 e. The van der Waals surface area contributed by atoms with Gasteiger partial charge >= 0.3 is 0 Å². The summed E-state index contributed by atoms with van der Waals surface area (Å²) in [5.74, 6) is 0.562. The topological polar surface area (TPSA) is 35.0 Å². The zero-order valence-electron chi connectivity index (χ0n) is 15.6. The Morgan fingerprint density at radius 2 is 1.38 bits per heavy atom. The van der Waals surface area contributed by atoms with Gasteiger partial charge in [0.1, 0.15) is 0 Å². The quantitative estimate of drug-likeness (QED) is 0.342. The third-order valence-electron chi connectivity index (χ3n) is 4.53. The first-order valence-corrected chi connectivity index (χ1v) is 9.94. The summed E-state index contributed by atoms with van der Waals surface area (Å²) in [6.45, 7) is 0.863. The molecule has 0 fully saturated rings. The van der Waals surface area contributed by atoms with Crippen LogP contribution in [0.3, 0.4) is 0 Å². The minimum atomic E-state index is 0.371. The molecular formula is C24H18Cl2N2O. The maximum absolute atomic E-state index is 6.35. The monoisotopic (exact) mass is 420 g/mol. The minimum Gasteiger partial charge on any atom is -0.372 e. The Kier molecular flexibility index (Phi) is 6.20. The standard InChI is InChI=1S/C24H18Cl2N2O/c25-22-14-23(26)21(24-27-11-4-12-28-24)13-20(22)16-29-15-17-7-9-19(10-8-17)18-5-2-1-3-6-18/h1-14H,15-16H2. The van der Waals surface area contributed by atoms with E-state index < -0.39 is 0 Å². The van der Waals surface area contributed by atoms with Crippen LogP contribution in [-0.4, -0.2) is 9.97 Å². The van der Waals surface area contributed by atoms with Gasteiger partial charge in [-0.3, -0.25) is 0 Å². The zero-order chi connectivity index (χ0) is 20.1. The van der Waals surface area contributed by atoms with E-state index in [1.54, 1.807) is 24.5 Å². The first kappa shape index (κ1) is 19.6. The average molecular weight is 421 g/mol. The van der Waals surface area contributed by atoms with Gasteiger partial charge in [0.25, 0.3) is 0 Å². The van der Waals surface area contributed by atoms with Gasteiger partial charge in [-0.25, -0.2) is 9.97 Å². The summed E-state index contributed by atoms with van der Waals surface area (Å²) in [6.07, 6.45) is 3.37. The molecule has 0 amide bonds. The van der Waals surface area contributed by atoms with Crippen LogP contribution in [0, 0.1) is 0 Å². The number of rotatable bonds is 6. The third-order valence-corrected chi connectivity index (χ3v) is 5.19. The van der Waals surface area contributed by atoms with Crippen LogP contribution in [-0.2, 0) is 18.0 Å². The van der Waals surface area contributed by atoms with Crippen molar-refractivity contribution in [1.82, 2.24) is 9.97 Å². The van der Waals surface area contributed by atoms with Crippen LogP contribution < -0.4 is 0 Å². The fourth-order valence-corrected chi connectivity index (χ4v) is 3.54. The smallest absolute Gasteiger partial charge is 0.160 e. The molecule has 0 aliphatic carbocycles. The van der Waals surface area contributed by atoms with Crippen molar-refractivity contribution in [2.24, 2.45) is 0 Å². The fraction of sp³-hybridized carbons (Fsp3) is 0.0833. The normalized spacial score (nSPS) is 10.8. The van der Waals surface area contributed by atoms with Crippen LogP contribution in [0.2, 0.25) is 10.0 Å². The lowest BCUT2D eigenvalue weighted by Crippen LogP contribution is -1.97. The largest absolute Gasteiger partial charge is 0.372 e. The Morgan fingerprint density at radius 1 is 0.690 bits per heavy atom. The summed E-state index contributed by atoms with van der Waals surface area (Å²) in [7, 11) is 0. The molecule has 0 bridgehead atoms. The molecule has 144 valence electrons. The second-order valence-corrected chi connectivity index (χ2v) is 7.37. The van der Waals surface area contributed by atoms with Gasteiger partial charge in [0.2, 0.25) is 0 Å². The molecule has 0 atom stereocenters. The summed E-state index contributed by atoms with van der Waals surface area (Å²) in [4.78, 5) is 8.52. The van der Waals surface area contributed by atoms with Crippen LogP contribution in [0.25, 0.3) is 22.5 Å². The Hall–Kier alpha value is -2.72. The molecule has 29 heavy (non-hydrogen) atoms. The van der Waals surface area contributed by atoms with Gasteiger partial charge in [-0.2, -0.15) is 0 Å². The molecule has 0 radical (unpaired) electrons. The molecule has 3 nitrogen and oxygen atoms in total. The predicted molar refractivity (Wildman–Crippen MR) is 118 cm³/mol. The number of hydrogen-bond acceptors (Lipinski definition) is 3. The number of aromatic nitrogens is 2. The van der Waals surface area contributed by atoms with E-state index in [4.69, 9.17) is 27.9 Å². The summed E-state index contributed by atoms with van der Waals surface area (Å²) >= 11 is 12.7. The van der Waals surface area contributed by atoms with Gasteiger partial charge in [0.05, 0.1) is 18.2 Å². The van der Waals surface area contributed by atoms with Gasteiger partial charge in [-0.15, -0.1) is 0 Å². The number of nitrogens with zero attached hydrogens (tertiary/aromatic N) is 2. The van der Waals surface area contributed by atoms with Gasteiger partial charge in [0, 0.05) is 23.0 Å². The first-order chi connectivity index (χ1) is 14.2. The van der Waals surface area contributed by atoms with E-state index in [1.165, 1.54) is 11.1 Å². The molecule has 0 aliphatic heterocycles. The van der Waals surface area contributed by atoms with Gasteiger partial charge in [-0.1, -0.05) is 77.8 Å². The van der Waals surface area contributed by atoms with Crippen LogP contribution >= 0.6 is 23.2 Å². The van der Waals surface area contributed by atoms with E-state index in [9.17, 15) is 0 Å². The highest BCUT2D eigenvalue weighted by Gasteiger charge is 2.11. The van der Waals surface area contributed by atoms with E-state index >= 15 is 0 Å². The van der Waals surface area contributed by atoms with Crippen LogP contribution in [0.15, 0.2) is 85.2 Å². The van der Waals surface area contributed by atoms with Gasteiger partial charge < -0.3 is 4.74 Å². The summed E-state index contributed by atoms with van der Waals surface area (Å²) in [5.41, 5.74) is 5.06. The van der Waals surface area contributed by atoms with Crippen molar-refractivity contribution >= 4 is 23.2 Å². The van der Waals surface area contributed by atoms with Crippen LogP contribution in [0.5, 0.6) is 0 Å². The molecule has 1 heterocycles. The van der Waals surface area contributed by atoms with E-state index in [2.05, 4.69) is 46.4 Å². The lowest BCUT2D eigenvalue weighted by Gasteiger charge is -2.10. The molecule has 0 unspecified atom stereocenters. The lowest BCUT2D eigenvalue weighted by molar-refractivity contribution is 0.107. The molecule has 1 aromatic heterocycles. The number of hydrogen-bond donors (Lipinski definition) is 0. The highest BCUT2D eigenvalue weighted by molar-refractivity contribution is 6.36. The van der Waals surface area contributed by atoms with E-state index in [0.717, 1.165) is 16.7 Å². The molecule has 4 aromatic rings. The first-order valence-electron chi connectivity index (χ1n) is 9.18. The summed E-state index contributed by atoms with van der Waals surface area (Å²) < 4.78 is 5.89. The molecule has 3 aromatic carbocycles. The summed E-state index contributed by atoms with van der Waals surface area (Å²) in [6, 6.07) is 24.0. The molecule has 0 saturated carbocycles. The zero-order valence-corrected chi connectivity index (χ0v) is 17.1. The lowest BCUT2D eigenvalue weighted by atomic mass is 10.0. The van der Waals surface area contributed by atoms with Crippen molar-refractivity contribution in [3.63, 3.8) is 0 Å². The highest BCUT2D eigenvalue weighted by atomic mass is 35.5. The van der Waals surface area contributed by atoms with Crippen molar-refractivity contribution in [1.29, 1.82) is 0 Å². The molecule has 0 saturated heterocycles. The van der Waals surface area contributed by atoms with Gasteiger partial charge in [-0.05, 0) is 40.5 Å². The Labute approximate surface area is 179 Å². The predicted octanol–water partition coefficient (Wildman–Crippen LogP) is 6.83. The Balaban J connectivity index is 1.43. The average Bonchev–Trinajstić information content (AvgIpc) is 2.77. The molecular weight excluding hydrogens is 403 g/mol. The third kappa shape index (κ3) is 4.83. The maximum atomic E-state index is 6.35. The minimum absolute atomic E-state index is 0.371. The van der Waals surface area contributed by atoms with Crippen LogP contribution in [0.4, 0.5) is 0 Å². The van der Waals surface area contributed by atoms with E-state index in [-0.39, 0.29) is 0 Å². The van der Waals surface area contributed by atoms with E-state index in [1.807, 2.05) is 24.3 Å². The van der Waals surface area contributed by atoms with Crippen molar-refractivity contribution in [2.45, 2.75) is 13.2 Å². The second-order valence-electron chi connectivity index (χ2n) is 6.55. The second kappa shape index (κ2) is 9.19. The van der Waals surface area contributed by atoms with Crippen molar-refractivity contribution in [2.75, 3.05) is 0 Å². The molecule has 0 N–H and O–H groups in total. The molecule has 0 spiro atoms. The molecule has 4 rings (SSSR count). The van der Waals surface area contributed by atoms with Gasteiger partial charge in [0.15, 0.2) is 5.82 Å².